The molecule has 2 aliphatic rings. The number of nitrogens with zero attached hydrogens (tertiary/aromatic N) is 2. The van der Waals surface area contributed by atoms with Crippen molar-refractivity contribution in [2.75, 3.05) is 14.2 Å². The van der Waals surface area contributed by atoms with Crippen molar-refractivity contribution < 1.29 is 19.2 Å². The molecular weight excluding hydrogens is 324 g/mol. The molecule has 3 rings (SSSR count). The zero-order chi connectivity index (χ0) is 18.0. The first-order chi connectivity index (χ1) is 12.0. The summed E-state index contributed by atoms with van der Waals surface area (Å²) in [6.07, 6.45) is 5.32. The van der Waals surface area contributed by atoms with Gasteiger partial charge in [-0.2, -0.15) is 0 Å². The van der Waals surface area contributed by atoms with Crippen LogP contribution in [0.2, 0.25) is 0 Å². The molecule has 7 nitrogen and oxygen atoms in total. The summed E-state index contributed by atoms with van der Waals surface area (Å²) in [5, 5.41) is 11.1. The Morgan fingerprint density at radius 1 is 1.32 bits per heavy atom. The van der Waals surface area contributed by atoms with Crippen molar-refractivity contribution in [3.63, 3.8) is 0 Å². The fourth-order valence-electron chi connectivity index (χ4n) is 4.35. The van der Waals surface area contributed by atoms with E-state index in [1.807, 2.05) is 0 Å². The van der Waals surface area contributed by atoms with Crippen LogP contribution in [0.25, 0.3) is 0 Å². The molecule has 1 saturated heterocycles. The van der Waals surface area contributed by atoms with Crippen LogP contribution in [-0.2, 0) is 16.1 Å². The lowest BCUT2D eigenvalue weighted by Crippen LogP contribution is -2.42. The van der Waals surface area contributed by atoms with Gasteiger partial charge in [0.2, 0.25) is 0 Å². The molecule has 25 heavy (non-hydrogen) atoms. The van der Waals surface area contributed by atoms with Gasteiger partial charge >= 0.3 is 5.97 Å². The normalized spacial score (nSPS) is 26.1. The van der Waals surface area contributed by atoms with Crippen molar-refractivity contribution >= 4 is 11.7 Å². The van der Waals surface area contributed by atoms with Gasteiger partial charge < -0.3 is 9.47 Å². The van der Waals surface area contributed by atoms with Crippen molar-refractivity contribution in [1.82, 2.24) is 4.90 Å². The SMILES string of the molecule is COC(=O)[C@@H]1C[C@H]2CCCC[C@@H]2N1Cc1cc([N+](=O)[O-])ccc1OC. The van der Waals surface area contributed by atoms with Gasteiger partial charge in [0.15, 0.2) is 0 Å². The highest BCUT2D eigenvalue weighted by Crippen LogP contribution is 2.41. The minimum absolute atomic E-state index is 0.0322. The molecule has 0 N–H and O–H groups in total. The van der Waals surface area contributed by atoms with Crippen molar-refractivity contribution in [3.05, 3.63) is 33.9 Å². The Kier molecular flexibility index (Phi) is 5.22. The summed E-state index contributed by atoms with van der Waals surface area (Å²) >= 11 is 0. The molecule has 136 valence electrons. The molecule has 1 aromatic carbocycles. The standard InChI is InChI=1S/C18H24N2O5/c1-24-17-8-7-14(20(22)23)9-13(17)11-19-15-6-4-3-5-12(15)10-16(19)18(21)25-2/h7-9,12,15-16H,3-6,10-11H2,1-2H3/t12-,15+,16+/m1/s1. The molecule has 3 atom stereocenters. The van der Waals surface area contributed by atoms with E-state index < -0.39 is 4.92 Å². The van der Waals surface area contributed by atoms with Gasteiger partial charge in [0.25, 0.3) is 5.69 Å². The van der Waals surface area contributed by atoms with Crippen molar-refractivity contribution in [1.29, 1.82) is 0 Å². The number of hydrogen-bond donors (Lipinski definition) is 0. The number of fused-ring (bicyclic) bond motifs is 1. The third kappa shape index (κ3) is 3.46. The van der Waals surface area contributed by atoms with E-state index in [9.17, 15) is 14.9 Å². The first-order valence-electron chi connectivity index (χ1n) is 8.70. The average Bonchev–Trinajstić information content (AvgIpc) is 2.99. The number of hydrogen-bond acceptors (Lipinski definition) is 6. The number of nitro groups is 1. The Labute approximate surface area is 147 Å². The van der Waals surface area contributed by atoms with Gasteiger partial charge in [-0.15, -0.1) is 0 Å². The van der Waals surface area contributed by atoms with Crippen LogP contribution < -0.4 is 4.74 Å². The predicted octanol–water partition coefficient (Wildman–Crippen LogP) is 2.91. The van der Waals surface area contributed by atoms with Gasteiger partial charge in [0, 0.05) is 30.3 Å². The van der Waals surface area contributed by atoms with Crippen LogP contribution in [0.15, 0.2) is 18.2 Å². The van der Waals surface area contributed by atoms with E-state index in [0.717, 1.165) is 31.2 Å². The van der Waals surface area contributed by atoms with Crippen LogP contribution in [0.3, 0.4) is 0 Å². The Morgan fingerprint density at radius 3 is 2.76 bits per heavy atom. The van der Waals surface area contributed by atoms with Crippen LogP contribution in [0, 0.1) is 16.0 Å². The van der Waals surface area contributed by atoms with E-state index in [1.165, 1.54) is 19.6 Å². The highest BCUT2D eigenvalue weighted by Gasteiger charge is 2.45. The molecule has 1 aliphatic heterocycles. The Hall–Kier alpha value is -2.15. The van der Waals surface area contributed by atoms with Crippen LogP contribution >= 0.6 is 0 Å². The second-order valence-corrected chi connectivity index (χ2v) is 6.81. The summed E-state index contributed by atoms with van der Waals surface area (Å²) in [6.45, 7) is 0.450. The van der Waals surface area contributed by atoms with Crippen molar-refractivity contribution in [2.45, 2.75) is 50.7 Å². The number of nitro benzene ring substituents is 1. The monoisotopic (exact) mass is 348 g/mol. The first-order valence-corrected chi connectivity index (χ1v) is 8.70. The largest absolute Gasteiger partial charge is 0.496 e. The fraction of sp³-hybridized carbons (Fsp3) is 0.611. The number of benzene rings is 1. The van der Waals surface area contributed by atoms with Crippen LogP contribution in [0.5, 0.6) is 5.75 Å². The third-order valence-electron chi connectivity index (χ3n) is 5.52. The van der Waals surface area contributed by atoms with Gasteiger partial charge in [-0.25, -0.2) is 0 Å². The van der Waals surface area contributed by atoms with Gasteiger partial charge in [-0.1, -0.05) is 12.8 Å². The zero-order valence-electron chi connectivity index (χ0n) is 14.6. The minimum Gasteiger partial charge on any atom is -0.496 e. The average molecular weight is 348 g/mol. The summed E-state index contributed by atoms with van der Waals surface area (Å²) in [5.41, 5.74) is 0.765. The Balaban J connectivity index is 1.91. The second kappa shape index (κ2) is 7.39. The summed E-state index contributed by atoms with van der Waals surface area (Å²) in [5.74, 6) is 0.870. The topological polar surface area (TPSA) is 81.9 Å². The number of ether oxygens (including phenoxy) is 2. The molecule has 0 bridgehead atoms. The number of carbonyl (C=O) groups excluding carboxylic acids is 1. The first kappa shape index (κ1) is 17.7. The summed E-state index contributed by atoms with van der Waals surface area (Å²) in [6, 6.07) is 4.63. The quantitative estimate of drug-likeness (QED) is 0.462. The lowest BCUT2D eigenvalue weighted by Gasteiger charge is -2.33. The molecule has 7 heteroatoms. The van der Waals surface area contributed by atoms with Gasteiger partial charge in [0.05, 0.1) is 19.1 Å². The van der Waals surface area contributed by atoms with Crippen LogP contribution in [-0.4, -0.2) is 42.1 Å². The highest BCUT2D eigenvalue weighted by atomic mass is 16.6. The third-order valence-corrected chi connectivity index (χ3v) is 5.52. The van der Waals surface area contributed by atoms with E-state index in [-0.39, 0.29) is 17.7 Å². The molecule has 1 heterocycles. The molecule has 0 unspecified atom stereocenters. The molecule has 1 saturated carbocycles. The molecule has 2 fully saturated rings. The van der Waals surface area contributed by atoms with Crippen molar-refractivity contribution in [2.24, 2.45) is 5.92 Å². The van der Waals surface area contributed by atoms with E-state index in [2.05, 4.69) is 4.90 Å². The number of esters is 1. The summed E-state index contributed by atoms with van der Waals surface area (Å²) in [7, 11) is 2.96. The zero-order valence-corrected chi connectivity index (χ0v) is 14.6. The van der Waals surface area contributed by atoms with Gasteiger partial charge in [-0.05, 0) is 31.2 Å². The Morgan fingerprint density at radius 2 is 2.08 bits per heavy atom. The Bertz CT molecular complexity index is 663. The van der Waals surface area contributed by atoms with Crippen LogP contribution in [0.4, 0.5) is 5.69 Å². The maximum atomic E-state index is 12.3. The van der Waals surface area contributed by atoms with E-state index in [1.54, 1.807) is 19.2 Å². The summed E-state index contributed by atoms with van der Waals surface area (Å²) in [4.78, 5) is 25.2. The predicted molar refractivity (Wildman–Crippen MR) is 91.4 cm³/mol. The van der Waals surface area contributed by atoms with E-state index in [0.29, 0.717) is 24.3 Å². The van der Waals surface area contributed by atoms with E-state index >= 15 is 0 Å². The number of likely N-dealkylation sites (tertiary alicyclic amines) is 1. The van der Waals surface area contributed by atoms with Gasteiger partial charge in [-0.3, -0.25) is 19.8 Å². The number of rotatable bonds is 5. The molecule has 1 aliphatic carbocycles. The molecule has 1 aromatic rings. The maximum absolute atomic E-state index is 12.3. The lowest BCUT2D eigenvalue weighted by molar-refractivity contribution is -0.385. The second-order valence-electron chi connectivity index (χ2n) is 6.81. The van der Waals surface area contributed by atoms with E-state index in [4.69, 9.17) is 9.47 Å². The van der Waals surface area contributed by atoms with Crippen molar-refractivity contribution in [3.8, 4) is 5.75 Å². The molecule has 0 radical (unpaired) electrons. The highest BCUT2D eigenvalue weighted by molar-refractivity contribution is 5.76. The smallest absolute Gasteiger partial charge is 0.323 e. The van der Waals surface area contributed by atoms with Gasteiger partial charge in [0.1, 0.15) is 11.8 Å². The molecule has 0 spiro atoms. The maximum Gasteiger partial charge on any atom is 0.323 e. The van der Waals surface area contributed by atoms with Crippen LogP contribution in [0.1, 0.15) is 37.7 Å². The lowest BCUT2D eigenvalue weighted by atomic mass is 9.84. The number of carbonyl (C=O) groups is 1. The number of non-ortho nitro benzene ring substituents is 1. The minimum atomic E-state index is -0.409. The number of methoxy groups -OCH3 is 2. The molecule has 0 aromatic heterocycles. The molecular formula is C18H24N2O5. The molecule has 0 amide bonds. The fourth-order valence-corrected chi connectivity index (χ4v) is 4.35. The summed E-state index contributed by atoms with van der Waals surface area (Å²) < 4.78 is 10.4.